The molecule has 0 unspecified atom stereocenters. The molecule has 0 atom stereocenters. The van der Waals surface area contributed by atoms with Crippen LogP contribution in [0.5, 0.6) is 11.5 Å². The van der Waals surface area contributed by atoms with Gasteiger partial charge in [0.2, 0.25) is 0 Å². The first-order valence-electron chi connectivity index (χ1n) is 5.89. The molecule has 1 N–H and O–H groups in total. The zero-order valence-electron chi connectivity index (χ0n) is 10.6. The monoisotopic (exact) mass is 257 g/mol. The molecule has 0 spiro atoms. The van der Waals surface area contributed by atoms with Gasteiger partial charge in [-0.1, -0.05) is 30.3 Å². The quantitative estimate of drug-likeness (QED) is 0.836. The average molecular weight is 257 g/mol. The number of anilines is 1. The van der Waals surface area contributed by atoms with E-state index in [4.69, 9.17) is 4.74 Å². The van der Waals surface area contributed by atoms with Crippen molar-refractivity contribution in [3.63, 3.8) is 0 Å². The minimum Gasteiger partial charge on any atom is -0.508 e. The second-order valence-corrected chi connectivity index (χ2v) is 4.21. The number of aromatic hydroxyl groups is 1. The molecule has 0 amide bonds. The fourth-order valence-corrected chi connectivity index (χ4v) is 1.90. The maximum absolute atomic E-state index is 10.5. The Balaban J connectivity index is 2.24. The number of hydrogen-bond acceptors (Lipinski definition) is 4. The van der Waals surface area contributed by atoms with Crippen LogP contribution in [0.25, 0.3) is 0 Å². The Kier molecular flexibility index (Phi) is 4.03. The Hall–Kier alpha value is -2.49. The number of ether oxygens (including phenoxy) is 1. The molecular formula is C15H15NO3. The number of benzene rings is 2. The number of hydrogen-bond donors (Lipinski definition) is 1. The highest BCUT2D eigenvalue weighted by Crippen LogP contribution is 2.31. The van der Waals surface area contributed by atoms with E-state index in [2.05, 4.69) is 0 Å². The molecule has 2 aromatic carbocycles. The summed E-state index contributed by atoms with van der Waals surface area (Å²) in [4.78, 5) is 12.4. The van der Waals surface area contributed by atoms with Crippen LogP contribution in [0.1, 0.15) is 5.56 Å². The minimum absolute atomic E-state index is 0.133. The second kappa shape index (κ2) is 5.91. The Bertz CT molecular complexity index is 555. The summed E-state index contributed by atoms with van der Waals surface area (Å²) in [7, 11) is 1.87. The third-order valence-electron chi connectivity index (χ3n) is 2.79. The van der Waals surface area contributed by atoms with E-state index in [0.717, 1.165) is 5.56 Å². The van der Waals surface area contributed by atoms with Crippen molar-refractivity contribution in [3.8, 4) is 11.5 Å². The highest BCUT2D eigenvalue weighted by Gasteiger charge is 2.10. The molecule has 0 aliphatic carbocycles. The van der Waals surface area contributed by atoms with Crippen LogP contribution in [0, 0.1) is 0 Å². The van der Waals surface area contributed by atoms with E-state index >= 15 is 0 Å². The zero-order valence-corrected chi connectivity index (χ0v) is 10.6. The van der Waals surface area contributed by atoms with Crippen LogP contribution in [0.3, 0.4) is 0 Å². The maximum Gasteiger partial charge on any atom is 0.298 e. The van der Waals surface area contributed by atoms with Crippen LogP contribution < -0.4 is 9.64 Å². The molecule has 0 bridgehead atoms. The average Bonchev–Trinajstić information content (AvgIpc) is 2.42. The molecule has 0 heterocycles. The summed E-state index contributed by atoms with van der Waals surface area (Å²) in [6, 6.07) is 14.5. The Morgan fingerprint density at radius 2 is 1.95 bits per heavy atom. The van der Waals surface area contributed by atoms with Crippen molar-refractivity contribution >= 4 is 12.2 Å². The van der Waals surface area contributed by atoms with Crippen LogP contribution in [0.2, 0.25) is 0 Å². The molecular weight excluding hydrogens is 242 g/mol. The van der Waals surface area contributed by atoms with Gasteiger partial charge in [-0.25, -0.2) is 0 Å². The first-order valence-corrected chi connectivity index (χ1v) is 5.89. The summed E-state index contributed by atoms with van der Waals surface area (Å²) in [5, 5.41) is 9.55. The molecule has 98 valence electrons. The van der Waals surface area contributed by atoms with Gasteiger partial charge in [0.15, 0.2) is 5.75 Å². The normalized spacial score (nSPS) is 9.95. The van der Waals surface area contributed by atoms with Crippen LogP contribution >= 0.6 is 0 Å². The lowest BCUT2D eigenvalue weighted by Gasteiger charge is -2.21. The van der Waals surface area contributed by atoms with E-state index < -0.39 is 0 Å². The molecule has 0 aromatic heterocycles. The van der Waals surface area contributed by atoms with E-state index in [9.17, 15) is 9.90 Å². The predicted octanol–water partition coefficient (Wildman–Crippen LogP) is 2.56. The molecule has 4 nitrogen and oxygen atoms in total. The Labute approximate surface area is 111 Å². The Morgan fingerprint density at radius 3 is 2.63 bits per heavy atom. The molecule has 2 rings (SSSR count). The fraction of sp³-hybridized carbons (Fsp3) is 0.133. The summed E-state index contributed by atoms with van der Waals surface area (Å²) in [6.45, 7) is 1.03. The lowest BCUT2D eigenvalue weighted by molar-refractivity contribution is -0.120. The van der Waals surface area contributed by atoms with E-state index in [1.54, 1.807) is 12.1 Å². The highest BCUT2D eigenvalue weighted by atomic mass is 16.5. The number of phenolic OH excluding ortho intramolecular Hbond substituents is 1. The lowest BCUT2D eigenvalue weighted by Crippen LogP contribution is -2.17. The summed E-state index contributed by atoms with van der Waals surface area (Å²) >= 11 is 0. The molecule has 0 saturated heterocycles. The van der Waals surface area contributed by atoms with Gasteiger partial charge in [0.25, 0.3) is 6.47 Å². The van der Waals surface area contributed by atoms with Gasteiger partial charge in [-0.3, -0.25) is 4.79 Å². The fourth-order valence-electron chi connectivity index (χ4n) is 1.90. The van der Waals surface area contributed by atoms with E-state index in [0.29, 0.717) is 24.5 Å². The van der Waals surface area contributed by atoms with Gasteiger partial charge in [0.05, 0.1) is 5.69 Å². The molecule has 19 heavy (non-hydrogen) atoms. The Morgan fingerprint density at radius 1 is 1.21 bits per heavy atom. The first-order chi connectivity index (χ1) is 9.20. The van der Waals surface area contributed by atoms with Gasteiger partial charge in [-0.2, -0.15) is 0 Å². The first kappa shape index (κ1) is 13.0. The van der Waals surface area contributed by atoms with Crippen molar-refractivity contribution in [1.29, 1.82) is 0 Å². The highest BCUT2D eigenvalue weighted by molar-refractivity contribution is 5.64. The smallest absolute Gasteiger partial charge is 0.298 e. The van der Waals surface area contributed by atoms with E-state index in [-0.39, 0.29) is 5.75 Å². The number of rotatable bonds is 5. The number of carbonyl (C=O) groups is 1. The largest absolute Gasteiger partial charge is 0.508 e. The molecule has 4 heteroatoms. The van der Waals surface area contributed by atoms with Crippen molar-refractivity contribution in [2.45, 2.75) is 6.54 Å². The van der Waals surface area contributed by atoms with Crippen molar-refractivity contribution in [2.75, 3.05) is 11.9 Å². The molecule has 0 aliphatic rings. The van der Waals surface area contributed by atoms with Crippen molar-refractivity contribution in [2.24, 2.45) is 0 Å². The van der Waals surface area contributed by atoms with Gasteiger partial charge in [0.1, 0.15) is 5.75 Å². The second-order valence-electron chi connectivity index (χ2n) is 4.21. The minimum atomic E-state index is 0.133. The molecule has 0 saturated carbocycles. The van der Waals surface area contributed by atoms with Gasteiger partial charge >= 0.3 is 0 Å². The van der Waals surface area contributed by atoms with Crippen molar-refractivity contribution in [1.82, 2.24) is 0 Å². The topological polar surface area (TPSA) is 49.8 Å². The van der Waals surface area contributed by atoms with Crippen molar-refractivity contribution < 1.29 is 14.6 Å². The number of carbonyl (C=O) groups excluding carboxylic acids is 1. The van der Waals surface area contributed by atoms with Gasteiger partial charge < -0.3 is 14.7 Å². The molecule has 0 radical (unpaired) electrons. The van der Waals surface area contributed by atoms with E-state index in [1.807, 2.05) is 42.3 Å². The molecule has 2 aromatic rings. The summed E-state index contributed by atoms with van der Waals surface area (Å²) < 4.78 is 4.92. The van der Waals surface area contributed by atoms with E-state index in [1.165, 1.54) is 6.07 Å². The molecule has 0 fully saturated rings. The third kappa shape index (κ3) is 3.25. The van der Waals surface area contributed by atoms with Crippen LogP contribution in [-0.4, -0.2) is 18.6 Å². The number of phenols is 1. The third-order valence-corrected chi connectivity index (χ3v) is 2.79. The zero-order chi connectivity index (χ0) is 13.7. The molecule has 0 aliphatic heterocycles. The van der Waals surface area contributed by atoms with Gasteiger partial charge in [-0.05, 0) is 17.7 Å². The summed E-state index contributed by atoms with van der Waals surface area (Å²) in [6.07, 6.45) is 0. The van der Waals surface area contributed by atoms with Crippen LogP contribution in [-0.2, 0) is 11.3 Å². The predicted molar refractivity (Wildman–Crippen MR) is 73.3 cm³/mol. The summed E-state index contributed by atoms with van der Waals surface area (Å²) in [5.74, 6) is 0.555. The van der Waals surface area contributed by atoms with Gasteiger partial charge in [0, 0.05) is 19.7 Å². The van der Waals surface area contributed by atoms with Crippen LogP contribution in [0.4, 0.5) is 5.69 Å². The maximum atomic E-state index is 10.5. The van der Waals surface area contributed by atoms with Crippen molar-refractivity contribution in [3.05, 3.63) is 54.1 Å². The summed E-state index contributed by atoms with van der Waals surface area (Å²) in [5.41, 5.74) is 1.79. The number of nitrogens with zero attached hydrogens (tertiary/aromatic N) is 1. The standard InChI is InChI=1S/C15H15NO3/c1-16(10-12-5-3-2-4-6-12)14-9-13(18)7-8-15(14)19-11-17/h2-9,11,18H,10H2,1H3. The van der Waals surface area contributed by atoms with Crippen LogP contribution in [0.15, 0.2) is 48.5 Å². The van der Waals surface area contributed by atoms with Gasteiger partial charge in [-0.15, -0.1) is 0 Å². The SMILES string of the molecule is CN(Cc1ccccc1)c1cc(O)ccc1OC=O. The lowest BCUT2D eigenvalue weighted by atomic mass is 10.2.